The molecule has 0 fully saturated rings. The smallest absolute Gasteiger partial charge is 0.360 e. The first-order valence-electron chi connectivity index (χ1n) is 9.13. The maximum absolute atomic E-state index is 12.5. The predicted molar refractivity (Wildman–Crippen MR) is 113 cm³/mol. The van der Waals surface area contributed by atoms with Gasteiger partial charge < -0.3 is 10.1 Å². The molecule has 11 heteroatoms. The molecule has 1 aromatic heterocycles. The number of hydrogen-bond donors (Lipinski definition) is 2. The predicted octanol–water partition coefficient (Wildman–Crippen LogP) is 1.36. The van der Waals surface area contributed by atoms with E-state index in [4.69, 9.17) is 4.74 Å². The summed E-state index contributed by atoms with van der Waals surface area (Å²) in [6.07, 6.45) is -1.21. The highest BCUT2D eigenvalue weighted by molar-refractivity contribution is 7.89. The Balaban J connectivity index is 1.76. The minimum Gasteiger partial charge on any atom is -0.448 e. The molecule has 31 heavy (non-hydrogen) atoms. The van der Waals surface area contributed by atoms with Gasteiger partial charge in [0.15, 0.2) is 11.8 Å². The number of rotatable bonds is 6. The molecular weight excluding hydrogens is 424 g/mol. The Labute approximate surface area is 177 Å². The third-order valence-corrected chi connectivity index (χ3v) is 6.23. The van der Waals surface area contributed by atoms with Crippen LogP contribution in [0.5, 0.6) is 0 Å². The van der Waals surface area contributed by atoms with Crippen molar-refractivity contribution < 1.29 is 22.7 Å². The van der Waals surface area contributed by atoms with Gasteiger partial charge in [-0.2, -0.15) is 5.10 Å². The molecule has 3 aromatic rings. The van der Waals surface area contributed by atoms with E-state index >= 15 is 0 Å². The van der Waals surface area contributed by atoms with Crippen LogP contribution in [0.25, 0.3) is 10.8 Å². The van der Waals surface area contributed by atoms with E-state index in [-0.39, 0.29) is 21.7 Å². The summed E-state index contributed by atoms with van der Waals surface area (Å²) < 4.78 is 30.7. The highest BCUT2D eigenvalue weighted by Crippen LogP contribution is 2.19. The van der Waals surface area contributed by atoms with Crippen molar-refractivity contribution in [2.24, 2.45) is 0 Å². The Kier molecular flexibility index (Phi) is 6.18. The van der Waals surface area contributed by atoms with Crippen LogP contribution in [0.1, 0.15) is 17.4 Å². The lowest BCUT2D eigenvalue weighted by molar-refractivity contribution is -0.123. The Morgan fingerprint density at radius 2 is 1.77 bits per heavy atom. The first-order valence-corrected chi connectivity index (χ1v) is 10.6. The second-order valence-electron chi connectivity index (χ2n) is 6.80. The monoisotopic (exact) mass is 444 g/mol. The Hall–Kier alpha value is -3.57. The van der Waals surface area contributed by atoms with Crippen LogP contribution in [-0.2, 0) is 19.6 Å². The van der Waals surface area contributed by atoms with Gasteiger partial charge >= 0.3 is 5.97 Å². The molecule has 0 spiro atoms. The number of sulfonamides is 1. The number of amides is 1. The van der Waals surface area contributed by atoms with Crippen LogP contribution in [-0.4, -0.2) is 55.0 Å². The Morgan fingerprint density at radius 1 is 1.10 bits per heavy atom. The molecule has 0 radical (unpaired) electrons. The highest BCUT2D eigenvalue weighted by atomic mass is 32.2. The fourth-order valence-corrected chi connectivity index (χ4v) is 3.68. The van der Waals surface area contributed by atoms with Gasteiger partial charge in [0.1, 0.15) is 0 Å². The molecule has 0 aliphatic rings. The number of carbonyl (C=O) groups is 2. The van der Waals surface area contributed by atoms with Crippen molar-refractivity contribution >= 4 is 38.4 Å². The van der Waals surface area contributed by atoms with E-state index in [1.165, 1.54) is 51.4 Å². The number of esters is 1. The lowest BCUT2D eigenvalue weighted by Crippen LogP contribution is -2.31. The molecule has 10 nitrogen and oxygen atoms in total. The van der Waals surface area contributed by atoms with Gasteiger partial charge in [-0.05, 0) is 31.2 Å². The first kappa shape index (κ1) is 22.1. The fraction of sp³-hybridized carbons (Fsp3) is 0.200. The molecular formula is C20H20N4O6S. The zero-order chi connectivity index (χ0) is 22.8. The van der Waals surface area contributed by atoms with E-state index in [9.17, 15) is 22.8 Å². The number of H-pyrrole nitrogens is 1. The summed E-state index contributed by atoms with van der Waals surface area (Å²) in [4.78, 5) is 36.8. The van der Waals surface area contributed by atoms with Crippen LogP contribution in [0.15, 0.2) is 58.2 Å². The van der Waals surface area contributed by atoms with Crippen LogP contribution in [0.4, 0.5) is 5.69 Å². The molecule has 162 valence electrons. The molecule has 1 atom stereocenters. The van der Waals surface area contributed by atoms with E-state index in [0.29, 0.717) is 5.39 Å². The minimum atomic E-state index is -3.68. The molecule has 0 unspecified atom stereocenters. The minimum absolute atomic E-state index is 0.00357. The molecule has 0 saturated heterocycles. The molecule has 2 N–H and O–H groups in total. The maximum atomic E-state index is 12.5. The summed E-state index contributed by atoms with van der Waals surface area (Å²) in [5, 5.41) is 9.05. The average molecular weight is 444 g/mol. The third-order valence-electron chi connectivity index (χ3n) is 4.42. The van der Waals surface area contributed by atoms with Gasteiger partial charge in [0.25, 0.3) is 11.5 Å². The quantitative estimate of drug-likeness (QED) is 0.547. The number of nitrogens with one attached hydrogen (secondary N) is 2. The van der Waals surface area contributed by atoms with E-state index in [1.807, 2.05) is 0 Å². The molecule has 1 heterocycles. The van der Waals surface area contributed by atoms with E-state index in [1.54, 1.807) is 18.2 Å². The van der Waals surface area contributed by atoms with Gasteiger partial charge in [-0.25, -0.2) is 22.6 Å². The first-order chi connectivity index (χ1) is 14.6. The Bertz CT molecular complexity index is 1320. The lowest BCUT2D eigenvalue weighted by atomic mass is 10.1. The third kappa shape index (κ3) is 4.62. The number of anilines is 1. The van der Waals surface area contributed by atoms with Crippen LogP contribution in [0.3, 0.4) is 0 Å². The summed E-state index contributed by atoms with van der Waals surface area (Å²) >= 11 is 0. The van der Waals surface area contributed by atoms with Gasteiger partial charge in [-0.15, -0.1) is 0 Å². The second kappa shape index (κ2) is 8.66. The zero-order valence-electron chi connectivity index (χ0n) is 16.9. The van der Waals surface area contributed by atoms with E-state index in [0.717, 1.165) is 4.31 Å². The van der Waals surface area contributed by atoms with Crippen LogP contribution < -0.4 is 10.9 Å². The fourth-order valence-electron chi connectivity index (χ4n) is 2.73. The van der Waals surface area contributed by atoms with Crippen molar-refractivity contribution in [3.05, 3.63) is 64.6 Å². The number of benzene rings is 2. The molecule has 1 amide bonds. The number of ether oxygens (including phenoxy) is 1. The highest BCUT2D eigenvalue weighted by Gasteiger charge is 2.23. The summed E-state index contributed by atoms with van der Waals surface area (Å²) in [6.45, 7) is 1.36. The zero-order valence-corrected chi connectivity index (χ0v) is 17.8. The number of aromatic nitrogens is 2. The average Bonchev–Trinajstić information content (AvgIpc) is 2.74. The largest absolute Gasteiger partial charge is 0.448 e. The van der Waals surface area contributed by atoms with Crippen molar-refractivity contribution in [2.45, 2.75) is 17.9 Å². The molecule has 0 bridgehead atoms. The summed E-state index contributed by atoms with van der Waals surface area (Å²) in [7, 11) is -0.876. The van der Waals surface area contributed by atoms with Gasteiger partial charge in [-0.1, -0.05) is 24.3 Å². The van der Waals surface area contributed by atoms with Crippen LogP contribution in [0.2, 0.25) is 0 Å². The number of fused-ring (bicyclic) bond motifs is 1. The molecule has 0 aliphatic carbocycles. The maximum Gasteiger partial charge on any atom is 0.360 e. The molecule has 0 aliphatic heterocycles. The molecule has 0 saturated carbocycles. The van der Waals surface area contributed by atoms with Gasteiger partial charge in [0.05, 0.1) is 10.3 Å². The van der Waals surface area contributed by atoms with E-state index in [2.05, 4.69) is 15.5 Å². The SMILES string of the molecule is C[C@@H](OC(=O)c1n[nH]c(=O)c2ccccc12)C(=O)Nc1cccc(S(=O)(=O)N(C)C)c1. The standard InChI is InChI=1S/C20H20N4O6S/c1-12(18(25)21-13-7-6-8-14(11-13)31(28,29)24(2)3)30-20(27)17-15-9-4-5-10-16(15)19(26)23-22-17/h4-12H,1-3H3,(H,21,25)(H,23,26)/t12-/m1/s1. The Morgan fingerprint density at radius 3 is 2.45 bits per heavy atom. The van der Waals surface area contributed by atoms with Crippen molar-refractivity contribution in [1.29, 1.82) is 0 Å². The van der Waals surface area contributed by atoms with Crippen molar-refractivity contribution in [1.82, 2.24) is 14.5 Å². The molecule has 3 rings (SSSR count). The van der Waals surface area contributed by atoms with E-state index < -0.39 is 33.6 Å². The van der Waals surface area contributed by atoms with Crippen molar-refractivity contribution in [2.75, 3.05) is 19.4 Å². The topological polar surface area (TPSA) is 139 Å². The van der Waals surface area contributed by atoms with Crippen LogP contribution >= 0.6 is 0 Å². The van der Waals surface area contributed by atoms with Gasteiger partial charge in [0.2, 0.25) is 10.0 Å². The second-order valence-corrected chi connectivity index (χ2v) is 8.95. The van der Waals surface area contributed by atoms with Crippen molar-refractivity contribution in [3.63, 3.8) is 0 Å². The normalized spacial score (nSPS) is 12.5. The molecule has 2 aromatic carbocycles. The van der Waals surface area contributed by atoms with Gasteiger partial charge in [-0.3, -0.25) is 9.59 Å². The number of nitrogens with zero attached hydrogens (tertiary/aromatic N) is 2. The lowest BCUT2D eigenvalue weighted by Gasteiger charge is -2.15. The number of carbonyl (C=O) groups excluding carboxylic acids is 2. The van der Waals surface area contributed by atoms with Gasteiger partial charge in [0, 0.05) is 25.2 Å². The van der Waals surface area contributed by atoms with Crippen LogP contribution in [0, 0.1) is 0 Å². The number of hydrogen-bond acceptors (Lipinski definition) is 7. The van der Waals surface area contributed by atoms with Crippen molar-refractivity contribution in [3.8, 4) is 0 Å². The number of aromatic amines is 1. The summed E-state index contributed by atoms with van der Waals surface area (Å²) in [5.74, 6) is -1.56. The summed E-state index contributed by atoms with van der Waals surface area (Å²) in [5.41, 5.74) is -0.358. The summed E-state index contributed by atoms with van der Waals surface area (Å²) in [6, 6.07) is 12.1.